The number of rotatable bonds is 8. The molecule has 0 spiro atoms. The summed E-state index contributed by atoms with van der Waals surface area (Å²) in [6.45, 7) is 1.52. The molecule has 0 aliphatic carbocycles. The lowest BCUT2D eigenvalue weighted by molar-refractivity contribution is -0.144. The van der Waals surface area contributed by atoms with Gasteiger partial charge in [0.2, 0.25) is 5.78 Å². The van der Waals surface area contributed by atoms with Crippen LogP contribution in [0.4, 0.5) is 0 Å². The summed E-state index contributed by atoms with van der Waals surface area (Å²) in [6, 6.07) is 11.5. The number of carbonyl (C=O) groups is 2. The molecule has 2 aromatic carbocycles. The van der Waals surface area contributed by atoms with Gasteiger partial charge in [0.1, 0.15) is 0 Å². The largest absolute Gasteiger partial charge is 0.490 e. The number of halogens is 2. The van der Waals surface area contributed by atoms with Crippen LogP contribution in [0.15, 0.2) is 42.5 Å². The van der Waals surface area contributed by atoms with Crippen molar-refractivity contribution < 1.29 is 23.8 Å². The van der Waals surface area contributed by atoms with Gasteiger partial charge < -0.3 is 14.2 Å². The molecule has 0 amide bonds. The van der Waals surface area contributed by atoms with Gasteiger partial charge in [0.15, 0.2) is 24.7 Å². The number of hydrogen-bond donors (Lipinski definition) is 0. The molecule has 0 atom stereocenters. The predicted molar refractivity (Wildman–Crippen MR) is 94.9 cm³/mol. The zero-order valence-electron chi connectivity index (χ0n) is 13.5. The summed E-state index contributed by atoms with van der Waals surface area (Å²) >= 11 is 11.8. The van der Waals surface area contributed by atoms with E-state index in [9.17, 15) is 9.59 Å². The lowest BCUT2D eigenvalue weighted by Gasteiger charge is -2.11. The van der Waals surface area contributed by atoms with Gasteiger partial charge in [-0.2, -0.15) is 0 Å². The quantitative estimate of drug-likeness (QED) is 0.505. The predicted octanol–water partition coefficient (Wildman–Crippen LogP) is 4.20. The second kappa shape index (κ2) is 9.30. The number of Topliss-reactive ketones (excluding diaryl/α,β-unsaturated/α-hetero) is 1. The van der Waals surface area contributed by atoms with Gasteiger partial charge in [0.25, 0.3) is 0 Å². The summed E-state index contributed by atoms with van der Waals surface area (Å²) in [5.74, 6) is -0.182. The Morgan fingerprint density at radius 1 is 0.960 bits per heavy atom. The molecule has 0 bridgehead atoms. The van der Waals surface area contributed by atoms with E-state index in [1.165, 1.54) is 12.1 Å². The number of carbonyl (C=O) groups excluding carboxylic acids is 2. The van der Waals surface area contributed by atoms with Crippen molar-refractivity contribution in [2.75, 3.05) is 19.8 Å². The van der Waals surface area contributed by atoms with Gasteiger partial charge in [0, 0.05) is 10.6 Å². The molecule has 2 rings (SSSR count). The van der Waals surface area contributed by atoms with Crippen LogP contribution >= 0.6 is 23.2 Å². The van der Waals surface area contributed by atoms with E-state index in [1.54, 1.807) is 30.3 Å². The van der Waals surface area contributed by atoms with Crippen molar-refractivity contribution in [3.05, 3.63) is 58.1 Å². The maximum Gasteiger partial charge on any atom is 0.344 e. The molecule has 0 aliphatic rings. The zero-order chi connectivity index (χ0) is 18.2. The Hall–Kier alpha value is -2.24. The Balaban J connectivity index is 1.87. The third-order valence-corrected chi connectivity index (χ3v) is 3.65. The first kappa shape index (κ1) is 19.1. The first-order valence-corrected chi connectivity index (χ1v) is 8.25. The average molecular weight is 383 g/mol. The SMILES string of the molecule is CCOc1ccccc1OCC(=O)OCC(=O)c1cc(Cl)ccc1Cl. The highest BCUT2D eigenvalue weighted by Crippen LogP contribution is 2.26. The van der Waals surface area contributed by atoms with E-state index in [1.807, 2.05) is 6.92 Å². The first-order valence-electron chi connectivity index (χ1n) is 7.49. The second-order valence-corrected chi connectivity index (χ2v) is 5.72. The Morgan fingerprint density at radius 3 is 2.32 bits per heavy atom. The van der Waals surface area contributed by atoms with E-state index >= 15 is 0 Å². The van der Waals surface area contributed by atoms with Gasteiger partial charge in [-0.05, 0) is 37.3 Å². The van der Waals surface area contributed by atoms with Crippen molar-refractivity contribution >= 4 is 35.0 Å². The fraction of sp³-hybridized carbons (Fsp3) is 0.222. The lowest BCUT2D eigenvalue weighted by Crippen LogP contribution is -2.20. The molecule has 0 radical (unpaired) electrons. The molecule has 0 fully saturated rings. The van der Waals surface area contributed by atoms with Crippen LogP contribution in [0.1, 0.15) is 17.3 Å². The van der Waals surface area contributed by atoms with Gasteiger partial charge >= 0.3 is 5.97 Å². The van der Waals surface area contributed by atoms with Crippen LogP contribution in [0.25, 0.3) is 0 Å². The molecule has 0 heterocycles. The van der Waals surface area contributed by atoms with Crippen LogP contribution in [-0.2, 0) is 9.53 Å². The smallest absolute Gasteiger partial charge is 0.344 e. The van der Waals surface area contributed by atoms with Crippen molar-refractivity contribution in [2.24, 2.45) is 0 Å². The first-order chi connectivity index (χ1) is 12.0. The summed E-state index contributed by atoms with van der Waals surface area (Å²) in [6.07, 6.45) is 0. The highest BCUT2D eigenvalue weighted by Gasteiger charge is 2.15. The second-order valence-electron chi connectivity index (χ2n) is 4.88. The number of hydrogen-bond acceptors (Lipinski definition) is 5. The third-order valence-electron chi connectivity index (χ3n) is 3.09. The molecule has 0 N–H and O–H groups in total. The zero-order valence-corrected chi connectivity index (χ0v) is 15.0. The van der Waals surface area contributed by atoms with Crippen molar-refractivity contribution in [1.29, 1.82) is 0 Å². The lowest BCUT2D eigenvalue weighted by atomic mass is 10.1. The van der Waals surface area contributed by atoms with E-state index in [0.717, 1.165) is 0 Å². The van der Waals surface area contributed by atoms with Crippen molar-refractivity contribution in [3.63, 3.8) is 0 Å². The minimum Gasteiger partial charge on any atom is -0.490 e. The van der Waals surface area contributed by atoms with Crippen LogP contribution in [0, 0.1) is 0 Å². The minimum absolute atomic E-state index is 0.199. The molecule has 0 aliphatic heterocycles. The topological polar surface area (TPSA) is 61.8 Å². The van der Waals surface area contributed by atoms with E-state index in [-0.39, 0.29) is 17.2 Å². The van der Waals surface area contributed by atoms with Crippen molar-refractivity contribution in [1.82, 2.24) is 0 Å². The molecule has 0 unspecified atom stereocenters. The Labute approximate surface area is 155 Å². The van der Waals surface area contributed by atoms with Crippen LogP contribution < -0.4 is 9.47 Å². The molecular weight excluding hydrogens is 367 g/mol. The molecule has 7 heteroatoms. The van der Waals surface area contributed by atoms with Crippen LogP contribution in [-0.4, -0.2) is 31.6 Å². The number of esters is 1. The van der Waals surface area contributed by atoms with Crippen molar-refractivity contribution in [2.45, 2.75) is 6.92 Å². The fourth-order valence-electron chi connectivity index (χ4n) is 1.96. The highest BCUT2D eigenvalue weighted by atomic mass is 35.5. The number of benzene rings is 2. The van der Waals surface area contributed by atoms with Gasteiger partial charge in [0.05, 0.1) is 11.6 Å². The molecule has 0 saturated heterocycles. The van der Waals surface area contributed by atoms with Crippen molar-refractivity contribution in [3.8, 4) is 11.5 Å². The third kappa shape index (κ3) is 5.66. The van der Waals surface area contributed by atoms with Gasteiger partial charge in [-0.1, -0.05) is 35.3 Å². The van der Waals surface area contributed by atoms with Crippen LogP contribution in [0.5, 0.6) is 11.5 Å². The highest BCUT2D eigenvalue weighted by molar-refractivity contribution is 6.36. The summed E-state index contributed by atoms with van der Waals surface area (Å²) < 4.78 is 15.7. The molecular formula is C18H16Cl2O5. The van der Waals surface area contributed by atoms with E-state index in [2.05, 4.69) is 0 Å². The Kier molecular flexibility index (Phi) is 7.10. The van der Waals surface area contributed by atoms with E-state index in [4.69, 9.17) is 37.4 Å². The average Bonchev–Trinajstić information content (AvgIpc) is 2.61. The standard InChI is InChI=1S/C18H16Cl2O5/c1-2-23-16-5-3-4-6-17(16)24-11-18(22)25-10-15(21)13-9-12(19)7-8-14(13)20/h3-9H,2,10-11H2,1H3. The maximum atomic E-state index is 12.1. The normalized spacial score (nSPS) is 10.2. The molecule has 25 heavy (non-hydrogen) atoms. The molecule has 132 valence electrons. The van der Waals surface area contributed by atoms with E-state index in [0.29, 0.717) is 23.1 Å². The molecule has 0 saturated carbocycles. The number of para-hydroxylation sites is 2. The maximum absolute atomic E-state index is 12.1. The molecule has 5 nitrogen and oxygen atoms in total. The number of ketones is 1. The number of ether oxygens (including phenoxy) is 3. The summed E-state index contributed by atoms with van der Waals surface area (Å²) in [4.78, 5) is 23.8. The minimum atomic E-state index is -0.683. The van der Waals surface area contributed by atoms with Gasteiger partial charge in [-0.15, -0.1) is 0 Å². The van der Waals surface area contributed by atoms with Gasteiger partial charge in [-0.25, -0.2) is 4.79 Å². The summed E-state index contributed by atoms with van der Waals surface area (Å²) in [5.41, 5.74) is 0.199. The molecule has 2 aromatic rings. The summed E-state index contributed by atoms with van der Waals surface area (Å²) in [7, 11) is 0. The Morgan fingerprint density at radius 2 is 1.64 bits per heavy atom. The fourth-order valence-corrected chi connectivity index (χ4v) is 2.35. The van der Waals surface area contributed by atoms with Crippen LogP contribution in [0.3, 0.4) is 0 Å². The summed E-state index contributed by atoms with van der Waals surface area (Å²) in [5, 5.41) is 0.613. The Bertz CT molecular complexity index is 761. The van der Waals surface area contributed by atoms with Crippen LogP contribution in [0.2, 0.25) is 10.0 Å². The molecule has 0 aromatic heterocycles. The monoisotopic (exact) mass is 382 g/mol. The van der Waals surface area contributed by atoms with E-state index < -0.39 is 18.4 Å². The van der Waals surface area contributed by atoms with Gasteiger partial charge in [-0.3, -0.25) is 4.79 Å².